The number of hydrogen-bond donors (Lipinski definition) is 3. The quantitative estimate of drug-likeness (QED) is 0.435. The van der Waals surface area contributed by atoms with Gasteiger partial charge < -0.3 is 20.5 Å². The van der Waals surface area contributed by atoms with Crippen LogP contribution in [0.4, 0.5) is 5.82 Å². The number of carboxylic acid groups (broad SMARTS) is 1. The molecule has 1 aromatic carbocycles. The van der Waals surface area contributed by atoms with Gasteiger partial charge in [-0.05, 0) is 74.5 Å². The molecule has 0 radical (unpaired) electrons. The summed E-state index contributed by atoms with van der Waals surface area (Å²) in [7, 11) is 0. The lowest BCUT2D eigenvalue weighted by atomic mass is 9.63. The number of aromatic nitrogens is 1. The van der Waals surface area contributed by atoms with E-state index in [2.05, 4.69) is 22.8 Å². The molecule has 1 atom stereocenters. The third-order valence-electron chi connectivity index (χ3n) is 8.28. The minimum Gasteiger partial charge on any atom is -0.480 e. The summed E-state index contributed by atoms with van der Waals surface area (Å²) in [5.41, 5.74) is 2.84. The first kappa shape index (κ1) is 24.8. The summed E-state index contributed by atoms with van der Waals surface area (Å²) in [6.45, 7) is 1.34. The molecule has 7 heteroatoms. The Labute approximate surface area is 213 Å². The lowest BCUT2D eigenvalue weighted by Gasteiger charge is -2.41. The van der Waals surface area contributed by atoms with E-state index in [-0.39, 0.29) is 18.4 Å². The Balaban J connectivity index is 1.03. The van der Waals surface area contributed by atoms with Crippen molar-refractivity contribution in [3.8, 4) is 0 Å². The number of carbonyl (C=O) groups excluding carboxylic acids is 1. The highest BCUT2D eigenvalue weighted by molar-refractivity contribution is 5.92. The Hall–Kier alpha value is -2.93. The van der Waals surface area contributed by atoms with Crippen LogP contribution in [-0.2, 0) is 32.6 Å². The van der Waals surface area contributed by atoms with Crippen LogP contribution in [0.5, 0.6) is 0 Å². The number of hydrogen-bond acceptors (Lipinski definition) is 5. The number of nitrogens with one attached hydrogen (secondary N) is 2. The fourth-order valence-electron chi connectivity index (χ4n) is 5.75. The van der Waals surface area contributed by atoms with Gasteiger partial charge in [-0.3, -0.25) is 4.79 Å². The topological polar surface area (TPSA) is 101 Å². The molecule has 1 unspecified atom stereocenters. The number of benzene rings is 1. The van der Waals surface area contributed by atoms with Crippen LogP contribution < -0.4 is 10.6 Å². The van der Waals surface area contributed by atoms with E-state index < -0.39 is 17.4 Å². The van der Waals surface area contributed by atoms with Gasteiger partial charge >= 0.3 is 5.97 Å². The number of amides is 1. The molecule has 3 N–H and O–H groups in total. The Morgan fingerprint density at radius 3 is 2.67 bits per heavy atom. The zero-order chi connectivity index (χ0) is 25.0. The third-order valence-corrected chi connectivity index (χ3v) is 8.28. The maximum absolute atomic E-state index is 13.1. The van der Waals surface area contributed by atoms with Gasteiger partial charge in [-0.1, -0.05) is 42.8 Å². The molecule has 2 heterocycles. The second-order valence-corrected chi connectivity index (χ2v) is 10.7. The van der Waals surface area contributed by atoms with E-state index in [1.807, 2.05) is 30.3 Å². The molecule has 7 nitrogen and oxygen atoms in total. The van der Waals surface area contributed by atoms with E-state index >= 15 is 0 Å². The number of carbonyl (C=O) groups is 2. The van der Waals surface area contributed by atoms with Crippen molar-refractivity contribution in [2.45, 2.75) is 81.8 Å². The van der Waals surface area contributed by atoms with Crippen molar-refractivity contribution in [3.63, 3.8) is 0 Å². The highest BCUT2D eigenvalue weighted by Crippen LogP contribution is 2.44. The number of aryl methyl sites for hydroxylation is 2. The van der Waals surface area contributed by atoms with Crippen molar-refractivity contribution in [1.82, 2.24) is 10.3 Å². The SMILES string of the molecule is O=C(O)C(CCOC1CC(CCc2ccc3c(n2)NCCC3)C1)NC(=O)C1(c2ccccc2)CCC1. The van der Waals surface area contributed by atoms with Crippen molar-refractivity contribution in [2.24, 2.45) is 5.92 Å². The zero-order valence-corrected chi connectivity index (χ0v) is 20.9. The molecular formula is C29H37N3O4. The Morgan fingerprint density at radius 1 is 1.14 bits per heavy atom. The molecule has 5 rings (SSSR count). The van der Waals surface area contributed by atoms with Crippen LogP contribution in [0, 0.1) is 5.92 Å². The molecule has 3 aliphatic rings. The van der Waals surface area contributed by atoms with Gasteiger partial charge in [-0.2, -0.15) is 0 Å². The zero-order valence-electron chi connectivity index (χ0n) is 20.9. The minimum atomic E-state index is -1.01. The molecule has 1 amide bonds. The maximum atomic E-state index is 13.1. The van der Waals surface area contributed by atoms with E-state index in [1.54, 1.807) is 0 Å². The highest BCUT2D eigenvalue weighted by Gasteiger charge is 2.46. The van der Waals surface area contributed by atoms with Gasteiger partial charge in [0.05, 0.1) is 11.5 Å². The van der Waals surface area contributed by atoms with Gasteiger partial charge in [0, 0.05) is 25.3 Å². The van der Waals surface area contributed by atoms with Gasteiger partial charge in [0.25, 0.3) is 0 Å². The summed E-state index contributed by atoms with van der Waals surface area (Å²) in [6.07, 6.45) is 9.31. The van der Waals surface area contributed by atoms with Crippen molar-refractivity contribution in [3.05, 3.63) is 59.3 Å². The first-order valence-electron chi connectivity index (χ1n) is 13.5. The van der Waals surface area contributed by atoms with Crippen LogP contribution in [0.25, 0.3) is 0 Å². The van der Waals surface area contributed by atoms with Crippen molar-refractivity contribution in [1.29, 1.82) is 0 Å². The van der Waals surface area contributed by atoms with Gasteiger partial charge in [0.15, 0.2) is 0 Å². The van der Waals surface area contributed by atoms with Crippen molar-refractivity contribution < 1.29 is 19.4 Å². The average molecular weight is 492 g/mol. The molecule has 1 aromatic heterocycles. The van der Waals surface area contributed by atoms with Gasteiger partial charge in [-0.25, -0.2) is 9.78 Å². The Morgan fingerprint density at radius 2 is 1.94 bits per heavy atom. The molecular weight excluding hydrogens is 454 g/mol. The van der Waals surface area contributed by atoms with Crippen molar-refractivity contribution >= 4 is 17.7 Å². The summed E-state index contributed by atoms with van der Waals surface area (Å²) < 4.78 is 5.97. The van der Waals surface area contributed by atoms with E-state index in [4.69, 9.17) is 9.72 Å². The second-order valence-electron chi connectivity index (χ2n) is 10.7. The number of ether oxygens (including phenoxy) is 1. The lowest BCUT2D eigenvalue weighted by molar-refractivity contribution is -0.144. The molecule has 0 spiro atoms. The number of anilines is 1. The van der Waals surface area contributed by atoms with E-state index in [0.717, 1.165) is 75.0 Å². The summed E-state index contributed by atoms with van der Waals surface area (Å²) in [5, 5.41) is 15.9. The van der Waals surface area contributed by atoms with Gasteiger partial charge in [-0.15, -0.1) is 0 Å². The summed E-state index contributed by atoms with van der Waals surface area (Å²) in [4.78, 5) is 29.7. The first-order valence-corrected chi connectivity index (χ1v) is 13.5. The molecule has 0 saturated heterocycles. The predicted molar refractivity (Wildman–Crippen MR) is 138 cm³/mol. The Bertz CT molecular complexity index is 1060. The molecule has 2 aromatic rings. The number of aliphatic carboxylic acids is 1. The number of fused-ring (bicyclic) bond motifs is 1. The molecule has 36 heavy (non-hydrogen) atoms. The maximum Gasteiger partial charge on any atom is 0.326 e. The standard InChI is InChI=1S/C29H37N3O4/c33-27(34)25(32-28(35)29(14-5-15-29)22-7-2-1-3-8-22)13-17-36-24-18-20(19-24)9-11-23-12-10-21-6-4-16-30-26(21)31-23/h1-3,7-8,10,12,20,24-25H,4-6,9,11,13-19H2,(H,30,31)(H,32,35)(H,33,34). The van der Waals surface area contributed by atoms with Crippen LogP contribution in [0.3, 0.4) is 0 Å². The Kier molecular flexibility index (Phi) is 7.56. The van der Waals surface area contributed by atoms with E-state index in [9.17, 15) is 14.7 Å². The normalized spacial score (nSPS) is 22.8. The van der Waals surface area contributed by atoms with Gasteiger partial charge in [0.2, 0.25) is 5.91 Å². The minimum absolute atomic E-state index is 0.179. The molecule has 0 bridgehead atoms. The van der Waals surface area contributed by atoms with Crippen LogP contribution in [0.15, 0.2) is 42.5 Å². The molecule has 1 aliphatic heterocycles. The first-order chi connectivity index (χ1) is 17.5. The fraction of sp³-hybridized carbons (Fsp3) is 0.552. The third kappa shape index (κ3) is 5.41. The number of carboxylic acids is 1. The number of nitrogens with zero attached hydrogens (tertiary/aromatic N) is 1. The van der Waals surface area contributed by atoms with Gasteiger partial charge in [0.1, 0.15) is 11.9 Å². The largest absolute Gasteiger partial charge is 0.480 e. The predicted octanol–water partition coefficient (Wildman–Crippen LogP) is 4.25. The fourth-order valence-corrected chi connectivity index (χ4v) is 5.75. The lowest BCUT2D eigenvalue weighted by Crippen LogP contribution is -2.54. The molecule has 2 aliphatic carbocycles. The molecule has 2 fully saturated rings. The summed E-state index contributed by atoms with van der Waals surface area (Å²) in [6, 6.07) is 13.1. The monoisotopic (exact) mass is 491 g/mol. The highest BCUT2D eigenvalue weighted by atomic mass is 16.5. The molecule has 2 saturated carbocycles. The van der Waals surface area contributed by atoms with Crippen LogP contribution in [0.1, 0.15) is 68.2 Å². The smallest absolute Gasteiger partial charge is 0.326 e. The van der Waals surface area contributed by atoms with E-state index in [1.165, 1.54) is 12.0 Å². The van der Waals surface area contributed by atoms with Crippen LogP contribution >= 0.6 is 0 Å². The summed E-state index contributed by atoms with van der Waals surface area (Å²) in [5.74, 6) is 0.496. The summed E-state index contributed by atoms with van der Waals surface area (Å²) >= 11 is 0. The van der Waals surface area contributed by atoms with Crippen LogP contribution in [0.2, 0.25) is 0 Å². The number of rotatable bonds is 11. The second kappa shape index (κ2) is 11.0. The number of pyridine rings is 1. The van der Waals surface area contributed by atoms with Crippen molar-refractivity contribution in [2.75, 3.05) is 18.5 Å². The van der Waals surface area contributed by atoms with Crippen LogP contribution in [-0.4, -0.2) is 47.3 Å². The van der Waals surface area contributed by atoms with E-state index in [0.29, 0.717) is 12.5 Å². The average Bonchev–Trinajstić information content (AvgIpc) is 2.84. The molecule has 192 valence electrons.